The number of hydrogen-bond acceptors (Lipinski definition) is 7. The van der Waals surface area contributed by atoms with Crippen molar-refractivity contribution in [2.24, 2.45) is 0 Å². The van der Waals surface area contributed by atoms with E-state index in [9.17, 15) is 9.59 Å². The number of amides is 1. The Labute approximate surface area is 151 Å². The smallest absolute Gasteiger partial charge is 0.412 e. The monoisotopic (exact) mass is 361 g/mol. The van der Waals surface area contributed by atoms with Crippen LogP contribution in [-0.4, -0.2) is 43.0 Å². The lowest BCUT2D eigenvalue weighted by molar-refractivity contribution is 0.0636. The second kappa shape index (κ2) is 6.95. The van der Waals surface area contributed by atoms with E-state index in [1.54, 1.807) is 39.8 Å². The number of carbonyl (C=O) groups is 1. The first-order valence-electron chi connectivity index (χ1n) is 8.52. The summed E-state index contributed by atoms with van der Waals surface area (Å²) in [5, 5.41) is 3.01. The van der Waals surface area contributed by atoms with Crippen LogP contribution in [-0.2, 0) is 9.47 Å². The van der Waals surface area contributed by atoms with Crippen LogP contribution in [0.5, 0.6) is 0 Å². The van der Waals surface area contributed by atoms with E-state index < -0.39 is 17.3 Å². The van der Waals surface area contributed by atoms with Crippen molar-refractivity contribution in [1.82, 2.24) is 4.98 Å². The van der Waals surface area contributed by atoms with Crippen molar-refractivity contribution in [3.05, 3.63) is 28.1 Å². The Bertz CT molecular complexity index is 879. The van der Waals surface area contributed by atoms with Gasteiger partial charge in [-0.05, 0) is 45.4 Å². The molecule has 8 nitrogen and oxygen atoms in total. The fraction of sp³-hybridized carbons (Fsp3) is 0.500. The Kier molecular flexibility index (Phi) is 4.86. The van der Waals surface area contributed by atoms with Gasteiger partial charge in [0.05, 0.1) is 24.1 Å². The van der Waals surface area contributed by atoms with Crippen molar-refractivity contribution in [3.63, 3.8) is 0 Å². The van der Waals surface area contributed by atoms with Gasteiger partial charge >= 0.3 is 17.7 Å². The number of aryl methyl sites for hydroxylation is 1. The van der Waals surface area contributed by atoms with Gasteiger partial charge in [-0.1, -0.05) is 0 Å². The van der Waals surface area contributed by atoms with Crippen molar-refractivity contribution in [3.8, 4) is 0 Å². The highest BCUT2D eigenvalue weighted by Crippen LogP contribution is 2.24. The SMILES string of the molecule is Cc1c(NC(=O)OC(C)(C)C)ccc2nc(N3CCOCC3)oc(=O)c12. The number of carbonyl (C=O) groups excluding carboxylic acids is 1. The van der Waals surface area contributed by atoms with E-state index in [1.165, 1.54) is 0 Å². The summed E-state index contributed by atoms with van der Waals surface area (Å²) in [5.74, 6) is 0. The first-order chi connectivity index (χ1) is 12.2. The molecule has 1 fully saturated rings. The Morgan fingerprint density at radius 1 is 1.27 bits per heavy atom. The molecule has 1 aromatic carbocycles. The number of nitrogens with one attached hydrogen (secondary N) is 1. The maximum Gasteiger partial charge on any atom is 0.412 e. The van der Waals surface area contributed by atoms with Gasteiger partial charge in [-0.2, -0.15) is 4.98 Å². The summed E-state index contributed by atoms with van der Waals surface area (Å²) in [6.45, 7) is 9.48. The molecule has 0 atom stereocenters. The maximum absolute atomic E-state index is 12.5. The lowest BCUT2D eigenvalue weighted by Crippen LogP contribution is -2.37. The summed E-state index contributed by atoms with van der Waals surface area (Å²) >= 11 is 0. The third-order valence-electron chi connectivity index (χ3n) is 3.96. The molecule has 1 saturated heterocycles. The summed E-state index contributed by atoms with van der Waals surface area (Å²) in [6.07, 6.45) is -0.581. The predicted octanol–water partition coefficient (Wildman–Crippen LogP) is 2.68. The minimum absolute atomic E-state index is 0.290. The number of rotatable bonds is 2. The van der Waals surface area contributed by atoms with E-state index in [2.05, 4.69) is 10.3 Å². The Morgan fingerprint density at radius 3 is 2.62 bits per heavy atom. The molecule has 3 rings (SSSR count). The van der Waals surface area contributed by atoms with Crippen LogP contribution >= 0.6 is 0 Å². The second-order valence-corrected chi connectivity index (χ2v) is 7.14. The van der Waals surface area contributed by atoms with Crippen LogP contribution in [0, 0.1) is 6.92 Å². The Hall–Kier alpha value is -2.61. The number of anilines is 2. The summed E-state index contributed by atoms with van der Waals surface area (Å²) < 4.78 is 16.0. The first kappa shape index (κ1) is 18.2. The van der Waals surface area contributed by atoms with Crippen LogP contribution in [0.1, 0.15) is 26.3 Å². The number of nitrogens with zero attached hydrogens (tertiary/aromatic N) is 2. The average molecular weight is 361 g/mol. The first-order valence-corrected chi connectivity index (χ1v) is 8.52. The fourth-order valence-corrected chi connectivity index (χ4v) is 2.75. The molecule has 0 radical (unpaired) electrons. The van der Waals surface area contributed by atoms with Gasteiger partial charge in [0.25, 0.3) is 0 Å². The van der Waals surface area contributed by atoms with Crippen molar-refractivity contribution in [1.29, 1.82) is 0 Å². The van der Waals surface area contributed by atoms with Gasteiger partial charge in [0, 0.05) is 18.8 Å². The number of fused-ring (bicyclic) bond motifs is 1. The number of ether oxygens (including phenoxy) is 2. The fourth-order valence-electron chi connectivity index (χ4n) is 2.75. The van der Waals surface area contributed by atoms with Crippen molar-refractivity contribution in [2.45, 2.75) is 33.3 Å². The zero-order chi connectivity index (χ0) is 18.9. The van der Waals surface area contributed by atoms with Gasteiger partial charge in [0.1, 0.15) is 5.60 Å². The molecule has 0 bridgehead atoms. The van der Waals surface area contributed by atoms with Gasteiger partial charge in [0.15, 0.2) is 0 Å². The zero-order valence-electron chi connectivity index (χ0n) is 15.4. The highest BCUT2D eigenvalue weighted by Gasteiger charge is 2.20. The van der Waals surface area contributed by atoms with E-state index in [1.807, 2.05) is 4.90 Å². The molecule has 1 aliphatic rings. The molecule has 2 aromatic rings. The number of benzene rings is 1. The number of hydrogen-bond donors (Lipinski definition) is 1. The van der Waals surface area contributed by atoms with Crippen molar-refractivity contribution >= 4 is 28.7 Å². The molecular formula is C18H23N3O5. The summed E-state index contributed by atoms with van der Waals surface area (Å²) in [5.41, 5.74) is 0.502. The largest absolute Gasteiger partial charge is 0.444 e. The Balaban J connectivity index is 1.92. The molecule has 140 valence electrons. The van der Waals surface area contributed by atoms with Crippen LogP contribution in [0.4, 0.5) is 16.5 Å². The summed E-state index contributed by atoms with van der Waals surface area (Å²) in [4.78, 5) is 30.9. The molecule has 1 amide bonds. The molecule has 1 N–H and O–H groups in total. The quantitative estimate of drug-likeness (QED) is 0.879. The van der Waals surface area contributed by atoms with E-state index in [0.29, 0.717) is 48.5 Å². The van der Waals surface area contributed by atoms with Gasteiger partial charge in [0.2, 0.25) is 0 Å². The van der Waals surface area contributed by atoms with Gasteiger partial charge in [-0.15, -0.1) is 0 Å². The van der Waals surface area contributed by atoms with Crippen LogP contribution in [0.15, 0.2) is 21.3 Å². The lowest BCUT2D eigenvalue weighted by Gasteiger charge is -2.26. The minimum Gasteiger partial charge on any atom is -0.444 e. The third-order valence-corrected chi connectivity index (χ3v) is 3.96. The van der Waals surface area contributed by atoms with E-state index >= 15 is 0 Å². The Morgan fingerprint density at radius 2 is 1.96 bits per heavy atom. The van der Waals surface area contributed by atoms with Crippen LogP contribution in [0.25, 0.3) is 10.9 Å². The van der Waals surface area contributed by atoms with E-state index in [0.717, 1.165) is 0 Å². The molecule has 1 aromatic heterocycles. The van der Waals surface area contributed by atoms with Crippen LogP contribution in [0.3, 0.4) is 0 Å². The molecule has 8 heteroatoms. The standard InChI is InChI=1S/C18H23N3O5/c1-11-12(20-17(23)26-18(2,3)4)5-6-13-14(11)15(22)25-16(19-13)21-7-9-24-10-8-21/h5-6H,7-10H2,1-4H3,(H,20,23). The van der Waals surface area contributed by atoms with E-state index in [4.69, 9.17) is 13.9 Å². The molecule has 26 heavy (non-hydrogen) atoms. The zero-order valence-corrected chi connectivity index (χ0v) is 15.4. The molecular weight excluding hydrogens is 338 g/mol. The predicted molar refractivity (Wildman–Crippen MR) is 97.9 cm³/mol. The lowest BCUT2D eigenvalue weighted by atomic mass is 10.1. The van der Waals surface area contributed by atoms with Crippen molar-refractivity contribution < 1.29 is 18.7 Å². The number of morpholine rings is 1. The normalized spacial score (nSPS) is 15.2. The van der Waals surface area contributed by atoms with Crippen LogP contribution in [0.2, 0.25) is 0 Å². The molecule has 0 aliphatic carbocycles. The highest BCUT2D eigenvalue weighted by molar-refractivity contribution is 5.93. The summed E-state index contributed by atoms with van der Waals surface area (Å²) in [6, 6.07) is 3.69. The van der Waals surface area contributed by atoms with Gasteiger partial charge < -0.3 is 18.8 Å². The molecule has 1 aliphatic heterocycles. The maximum atomic E-state index is 12.5. The van der Waals surface area contributed by atoms with Crippen molar-refractivity contribution in [2.75, 3.05) is 36.5 Å². The second-order valence-electron chi connectivity index (χ2n) is 7.14. The van der Waals surface area contributed by atoms with E-state index in [-0.39, 0.29) is 6.01 Å². The van der Waals surface area contributed by atoms with Gasteiger partial charge in [-0.3, -0.25) is 5.32 Å². The topological polar surface area (TPSA) is 93.9 Å². The molecule has 0 saturated carbocycles. The number of aromatic nitrogens is 1. The molecule has 0 spiro atoms. The van der Waals surface area contributed by atoms with Crippen LogP contribution < -0.4 is 15.8 Å². The van der Waals surface area contributed by atoms with Gasteiger partial charge in [-0.25, -0.2) is 9.59 Å². The molecule has 2 heterocycles. The third kappa shape index (κ3) is 3.96. The minimum atomic E-state index is -0.609. The summed E-state index contributed by atoms with van der Waals surface area (Å²) in [7, 11) is 0. The average Bonchev–Trinajstić information content (AvgIpc) is 2.56. The molecule has 0 unspecified atom stereocenters. The highest BCUT2D eigenvalue weighted by atomic mass is 16.6.